The van der Waals surface area contributed by atoms with Gasteiger partial charge < -0.3 is 38.6 Å². The van der Waals surface area contributed by atoms with Gasteiger partial charge in [-0.2, -0.15) is 0 Å². The van der Waals surface area contributed by atoms with Crippen LogP contribution in [-0.4, -0.2) is 149 Å². The fourth-order valence-corrected chi connectivity index (χ4v) is 3.58. The minimum atomic E-state index is -1.06. The summed E-state index contributed by atoms with van der Waals surface area (Å²) >= 11 is 0. The summed E-state index contributed by atoms with van der Waals surface area (Å²) in [6, 6.07) is 7.13. The molecule has 0 saturated carbocycles. The maximum atomic E-state index is 12.8. The van der Waals surface area contributed by atoms with Gasteiger partial charge in [-0.25, -0.2) is 4.79 Å². The van der Waals surface area contributed by atoms with Crippen molar-refractivity contribution in [3.8, 4) is 0 Å². The van der Waals surface area contributed by atoms with Gasteiger partial charge in [0, 0.05) is 39.2 Å². The summed E-state index contributed by atoms with van der Waals surface area (Å²) in [5.74, 6) is -0.985. The number of carbonyl (C=O) groups is 5. The highest BCUT2D eigenvalue weighted by atomic mass is 16.5. The summed E-state index contributed by atoms with van der Waals surface area (Å²) < 4.78 is 26.8. The van der Waals surface area contributed by atoms with Gasteiger partial charge in [0.2, 0.25) is 18.2 Å². The molecule has 0 aliphatic heterocycles. The monoisotopic (exact) mass is 669 g/mol. The fourth-order valence-electron chi connectivity index (χ4n) is 3.58. The number of aliphatic carboxylic acids is 1. The lowest BCUT2D eigenvalue weighted by atomic mass is 10.0. The number of aryl methyl sites for hydroxylation is 1. The predicted octanol–water partition coefficient (Wildman–Crippen LogP) is 1.98. The van der Waals surface area contributed by atoms with Crippen LogP contribution in [0.1, 0.15) is 50.5 Å². The van der Waals surface area contributed by atoms with E-state index in [-0.39, 0.29) is 84.3 Å². The van der Waals surface area contributed by atoms with E-state index < -0.39 is 18.5 Å². The van der Waals surface area contributed by atoms with Gasteiger partial charge in [0.05, 0.1) is 59.4 Å². The van der Waals surface area contributed by atoms with E-state index >= 15 is 0 Å². The molecule has 0 radical (unpaired) electrons. The highest BCUT2D eigenvalue weighted by Crippen LogP contribution is 2.12. The summed E-state index contributed by atoms with van der Waals surface area (Å²) in [4.78, 5) is 63.0. The van der Waals surface area contributed by atoms with E-state index in [0.29, 0.717) is 31.5 Å². The van der Waals surface area contributed by atoms with Crippen molar-refractivity contribution in [2.24, 2.45) is 5.92 Å². The zero-order chi connectivity index (χ0) is 35.5. The van der Waals surface area contributed by atoms with Crippen LogP contribution in [0.5, 0.6) is 0 Å². The standard InChI is InChI=1S/C29H45N3O11.C4H10/c1-4-25-7-5-6-8-26(25)29(38)32(23-33)12-16-40-15-11-31(10-14-39-13-9-30(3)24(2)34)27(35)21-42-19-17-41-18-20-43-22-28(36)37;1-4(2)3/h5-8,23H,4,9-22H2,1-3H3,(H,36,37);4H,1-3H3. The van der Waals surface area contributed by atoms with Gasteiger partial charge in [-0.1, -0.05) is 45.9 Å². The molecule has 0 fully saturated rings. The van der Waals surface area contributed by atoms with E-state index in [1.165, 1.54) is 16.7 Å². The third-order valence-corrected chi connectivity index (χ3v) is 6.16. The average molecular weight is 670 g/mol. The molecule has 1 rings (SSSR count). The van der Waals surface area contributed by atoms with Crippen molar-refractivity contribution in [1.82, 2.24) is 14.7 Å². The van der Waals surface area contributed by atoms with E-state index in [4.69, 9.17) is 28.8 Å². The Labute approximate surface area is 279 Å². The van der Waals surface area contributed by atoms with Gasteiger partial charge in [-0.3, -0.25) is 24.1 Å². The minimum absolute atomic E-state index is 0.0611. The average Bonchev–Trinajstić information content (AvgIpc) is 3.03. The number of ether oxygens (including phenoxy) is 5. The van der Waals surface area contributed by atoms with E-state index in [1.807, 2.05) is 19.1 Å². The Morgan fingerprint density at radius 3 is 1.79 bits per heavy atom. The zero-order valence-electron chi connectivity index (χ0n) is 28.9. The molecule has 1 N–H and O–H groups in total. The van der Waals surface area contributed by atoms with Gasteiger partial charge >= 0.3 is 5.97 Å². The van der Waals surface area contributed by atoms with E-state index in [2.05, 4.69) is 20.8 Å². The second-order valence-corrected chi connectivity index (χ2v) is 11.0. The minimum Gasteiger partial charge on any atom is -0.480 e. The van der Waals surface area contributed by atoms with Crippen LogP contribution in [-0.2, 0) is 49.3 Å². The van der Waals surface area contributed by atoms with Crippen molar-refractivity contribution in [2.45, 2.75) is 41.0 Å². The molecule has 0 aliphatic rings. The summed E-state index contributed by atoms with van der Waals surface area (Å²) in [5.41, 5.74) is 1.32. The zero-order valence-corrected chi connectivity index (χ0v) is 28.9. The Morgan fingerprint density at radius 2 is 1.26 bits per heavy atom. The normalized spacial score (nSPS) is 10.6. The second kappa shape index (κ2) is 27.7. The Morgan fingerprint density at radius 1 is 0.766 bits per heavy atom. The van der Waals surface area contributed by atoms with Crippen LogP contribution >= 0.6 is 0 Å². The molecule has 0 saturated heterocycles. The second-order valence-electron chi connectivity index (χ2n) is 11.0. The Balaban J connectivity index is 0.00000498. The van der Waals surface area contributed by atoms with Gasteiger partial charge in [-0.05, 0) is 24.0 Å². The molecule has 0 aromatic heterocycles. The smallest absolute Gasteiger partial charge is 0.329 e. The Hall–Kier alpha value is -3.43. The van der Waals surface area contributed by atoms with Crippen LogP contribution in [0.4, 0.5) is 0 Å². The predicted molar refractivity (Wildman–Crippen MR) is 175 cm³/mol. The van der Waals surface area contributed by atoms with Crippen molar-refractivity contribution in [2.75, 3.05) is 99.3 Å². The van der Waals surface area contributed by atoms with Crippen molar-refractivity contribution in [3.05, 3.63) is 35.4 Å². The highest BCUT2D eigenvalue weighted by molar-refractivity contribution is 6.01. The first-order chi connectivity index (χ1) is 22.4. The molecule has 1 aromatic carbocycles. The molecule has 14 nitrogen and oxygen atoms in total. The third kappa shape index (κ3) is 22.7. The van der Waals surface area contributed by atoms with Crippen molar-refractivity contribution in [3.63, 3.8) is 0 Å². The molecular weight excluding hydrogens is 614 g/mol. The number of likely N-dealkylation sites (N-methyl/N-ethyl adjacent to an activating group) is 1. The summed E-state index contributed by atoms with van der Waals surface area (Å²) in [6.45, 7) is 11.8. The fraction of sp³-hybridized carbons (Fsp3) is 0.667. The number of carbonyl (C=O) groups excluding carboxylic acids is 4. The van der Waals surface area contributed by atoms with Crippen LogP contribution in [0.2, 0.25) is 0 Å². The molecule has 0 bridgehead atoms. The number of nitrogens with zero attached hydrogens (tertiary/aromatic N) is 3. The SMILES string of the molecule is CC(C)C.CCc1ccccc1C(=O)N(C=O)CCOCCN(CCOCCN(C)C(C)=O)C(=O)COCCOCCOCC(=O)O. The van der Waals surface area contributed by atoms with Gasteiger partial charge in [-0.15, -0.1) is 0 Å². The Kier molecular flexibility index (Phi) is 25.6. The van der Waals surface area contributed by atoms with Gasteiger partial charge in [0.1, 0.15) is 13.2 Å². The molecule has 0 aliphatic carbocycles. The number of carboxylic acids is 1. The molecular formula is C33H55N3O11. The molecule has 0 unspecified atom stereocenters. The lowest BCUT2D eigenvalue weighted by Gasteiger charge is -2.23. The lowest BCUT2D eigenvalue weighted by molar-refractivity contribution is -0.142. The van der Waals surface area contributed by atoms with E-state index in [0.717, 1.165) is 16.4 Å². The number of carboxylic acid groups (broad SMARTS) is 1. The summed E-state index contributed by atoms with van der Waals surface area (Å²) in [5, 5.41) is 8.52. The molecule has 268 valence electrons. The number of benzene rings is 1. The maximum absolute atomic E-state index is 12.8. The topological polar surface area (TPSA) is 161 Å². The first kappa shape index (κ1) is 43.6. The quantitative estimate of drug-likeness (QED) is 0.120. The van der Waals surface area contributed by atoms with Crippen molar-refractivity contribution >= 4 is 30.1 Å². The van der Waals surface area contributed by atoms with Crippen LogP contribution < -0.4 is 0 Å². The van der Waals surface area contributed by atoms with E-state index in [1.54, 1.807) is 19.2 Å². The molecule has 14 heteroatoms. The molecule has 0 heterocycles. The van der Waals surface area contributed by atoms with Gasteiger partial charge in [0.25, 0.3) is 5.91 Å². The largest absolute Gasteiger partial charge is 0.480 e. The first-order valence-corrected chi connectivity index (χ1v) is 15.9. The Bertz CT molecular complexity index is 1040. The van der Waals surface area contributed by atoms with E-state index in [9.17, 15) is 24.0 Å². The maximum Gasteiger partial charge on any atom is 0.329 e. The first-order valence-electron chi connectivity index (χ1n) is 15.9. The lowest BCUT2D eigenvalue weighted by Crippen LogP contribution is -2.40. The van der Waals surface area contributed by atoms with Crippen LogP contribution in [0.3, 0.4) is 0 Å². The number of hydrogen-bond donors (Lipinski definition) is 1. The van der Waals surface area contributed by atoms with Crippen molar-refractivity contribution in [1.29, 1.82) is 0 Å². The van der Waals surface area contributed by atoms with Crippen molar-refractivity contribution < 1.29 is 52.8 Å². The van der Waals surface area contributed by atoms with Gasteiger partial charge in [0.15, 0.2) is 0 Å². The number of amides is 4. The van der Waals surface area contributed by atoms with Crippen LogP contribution in [0.25, 0.3) is 0 Å². The number of hydrogen-bond acceptors (Lipinski definition) is 10. The molecule has 0 atom stereocenters. The molecule has 47 heavy (non-hydrogen) atoms. The summed E-state index contributed by atoms with van der Waals surface area (Å²) in [7, 11) is 1.67. The third-order valence-electron chi connectivity index (χ3n) is 6.16. The molecule has 0 spiro atoms. The molecule has 4 amide bonds. The molecule has 1 aromatic rings. The highest BCUT2D eigenvalue weighted by Gasteiger charge is 2.18. The van der Waals surface area contributed by atoms with Crippen LogP contribution in [0.15, 0.2) is 24.3 Å². The summed E-state index contributed by atoms with van der Waals surface area (Å²) in [6.07, 6.45) is 1.14. The van der Waals surface area contributed by atoms with Crippen LogP contribution in [0, 0.1) is 5.92 Å². The number of imide groups is 1. The number of rotatable bonds is 25.